The van der Waals surface area contributed by atoms with E-state index < -0.39 is 0 Å². The van der Waals surface area contributed by atoms with Crippen molar-refractivity contribution in [3.8, 4) is 0 Å². The summed E-state index contributed by atoms with van der Waals surface area (Å²) in [5.74, 6) is 1.55. The Balaban J connectivity index is 2.47. The van der Waals surface area contributed by atoms with Crippen molar-refractivity contribution in [2.24, 2.45) is 0 Å². The van der Waals surface area contributed by atoms with Gasteiger partial charge in [0.2, 0.25) is 0 Å². The van der Waals surface area contributed by atoms with E-state index in [9.17, 15) is 0 Å². The summed E-state index contributed by atoms with van der Waals surface area (Å²) in [7, 11) is 0. The Morgan fingerprint density at radius 2 is 2.00 bits per heavy atom. The molecule has 0 spiro atoms. The van der Waals surface area contributed by atoms with Gasteiger partial charge >= 0.3 is 0 Å². The summed E-state index contributed by atoms with van der Waals surface area (Å²) < 4.78 is 1.46. The first-order valence-electron chi connectivity index (χ1n) is 4.98. The van der Waals surface area contributed by atoms with Crippen molar-refractivity contribution in [1.82, 2.24) is 0 Å². The first kappa shape index (κ1) is 9.50. The second-order valence-corrected chi connectivity index (χ2v) is 5.33. The monoisotopic (exact) mass is 286 g/mol. The Labute approximate surface area is 93.9 Å². The van der Waals surface area contributed by atoms with Crippen molar-refractivity contribution in [3.63, 3.8) is 0 Å². The van der Waals surface area contributed by atoms with E-state index in [1.54, 1.807) is 11.1 Å². The quantitative estimate of drug-likeness (QED) is 0.711. The normalized spacial score (nSPS) is 16.6. The van der Waals surface area contributed by atoms with Gasteiger partial charge in [0.1, 0.15) is 0 Å². The van der Waals surface area contributed by atoms with Gasteiger partial charge in [-0.15, -0.1) is 0 Å². The lowest BCUT2D eigenvalue weighted by Gasteiger charge is -2.13. The zero-order valence-electron chi connectivity index (χ0n) is 8.18. The van der Waals surface area contributed by atoms with Gasteiger partial charge in [0.05, 0.1) is 0 Å². The Kier molecular flexibility index (Phi) is 2.63. The van der Waals surface area contributed by atoms with Crippen LogP contribution in [0.3, 0.4) is 0 Å². The van der Waals surface area contributed by atoms with Crippen molar-refractivity contribution in [2.75, 3.05) is 0 Å². The number of benzene rings is 1. The molecule has 1 aliphatic carbocycles. The van der Waals surface area contributed by atoms with Gasteiger partial charge in [0, 0.05) is 3.57 Å². The first-order chi connectivity index (χ1) is 6.20. The maximum absolute atomic E-state index is 2.47. The topological polar surface area (TPSA) is 0 Å². The number of rotatable bonds is 2. The van der Waals surface area contributed by atoms with E-state index >= 15 is 0 Å². The molecule has 0 unspecified atom stereocenters. The van der Waals surface area contributed by atoms with Crippen LogP contribution in [-0.4, -0.2) is 0 Å². The van der Waals surface area contributed by atoms with Gasteiger partial charge in [-0.25, -0.2) is 0 Å². The van der Waals surface area contributed by atoms with Crippen LogP contribution in [0.2, 0.25) is 0 Å². The van der Waals surface area contributed by atoms with Crippen LogP contribution in [0.5, 0.6) is 0 Å². The minimum Gasteiger partial charge on any atom is -0.0609 e. The molecule has 0 atom stereocenters. The molecule has 1 aromatic rings. The molecule has 0 amide bonds. The average molecular weight is 286 g/mol. The first-order valence-corrected chi connectivity index (χ1v) is 6.06. The number of hydrogen-bond donors (Lipinski definition) is 0. The van der Waals surface area contributed by atoms with Gasteiger partial charge in [-0.05, 0) is 64.5 Å². The van der Waals surface area contributed by atoms with Crippen molar-refractivity contribution in [1.29, 1.82) is 0 Å². The minimum absolute atomic E-state index is 0.672. The molecule has 13 heavy (non-hydrogen) atoms. The maximum Gasteiger partial charge on any atom is 0.0168 e. The zero-order valence-corrected chi connectivity index (χ0v) is 10.3. The lowest BCUT2D eigenvalue weighted by Crippen LogP contribution is -1.97. The summed E-state index contributed by atoms with van der Waals surface area (Å²) in [5, 5.41) is 0. The Morgan fingerprint density at radius 3 is 2.54 bits per heavy atom. The van der Waals surface area contributed by atoms with Crippen molar-refractivity contribution < 1.29 is 0 Å². The molecule has 1 fully saturated rings. The van der Waals surface area contributed by atoms with Crippen LogP contribution in [0.1, 0.15) is 49.7 Å². The zero-order chi connectivity index (χ0) is 9.42. The lowest BCUT2D eigenvalue weighted by atomic mass is 9.95. The molecule has 2 rings (SSSR count). The van der Waals surface area contributed by atoms with E-state index in [4.69, 9.17) is 0 Å². The van der Waals surface area contributed by atoms with E-state index in [1.165, 1.54) is 16.4 Å². The van der Waals surface area contributed by atoms with E-state index in [1.807, 2.05) is 0 Å². The van der Waals surface area contributed by atoms with Crippen LogP contribution in [0.4, 0.5) is 0 Å². The molecule has 0 bridgehead atoms. The number of hydrogen-bond acceptors (Lipinski definition) is 0. The van der Waals surface area contributed by atoms with Crippen LogP contribution >= 0.6 is 22.6 Å². The van der Waals surface area contributed by atoms with E-state index in [-0.39, 0.29) is 0 Å². The summed E-state index contributed by atoms with van der Waals surface area (Å²) in [5.41, 5.74) is 3.20. The molecule has 70 valence electrons. The highest BCUT2D eigenvalue weighted by Gasteiger charge is 2.28. The van der Waals surface area contributed by atoms with Gasteiger partial charge in [0.25, 0.3) is 0 Å². The summed E-state index contributed by atoms with van der Waals surface area (Å²) in [6.45, 7) is 4.58. The maximum atomic E-state index is 2.47. The van der Waals surface area contributed by atoms with Crippen LogP contribution in [-0.2, 0) is 0 Å². The SMILES string of the molecule is CC(C)c1cccc(I)c1C1CC1. The van der Waals surface area contributed by atoms with Crippen LogP contribution in [0.25, 0.3) is 0 Å². The van der Waals surface area contributed by atoms with E-state index in [2.05, 4.69) is 54.6 Å². The molecule has 0 aromatic heterocycles. The Hall–Kier alpha value is -0.0500. The highest BCUT2D eigenvalue weighted by molar-refractivity contribution is 14.1. The third-order valence-corrected chi connectivity index (χ3v) is 3.63. The van der Waals surface area contributed by atoms with Crippen LogP contribution in [0, 0.1) is 3.57 Å². The molecule has 1 aliphatic rings. The third kappa shape index (κ3) is 1.90. The largest absolute Gasteiger partial charge is 0.0609 e. The van der Waals surface area contributed by atoms with E-state index in [0.29, 0.717) is 5.92 Å². The summed E-state index contributed by atoms with van der Waals surface area (Å²) in [6.07, 6.45) is 2.81. The van der Waals surface area contributed by atoms with Crippen LogP contribution < -0.4 is 0 Å². The molecule has 1 saturated carbocycles. The second kappa shape index (κ2) is 3.60. The molecule has 1 heteroatoms. The molecule has 0 N–H and O–H groups in total. The molecule has 0 radical (unpaired) electrons. The Morgan fingerprint density at radius 1 is 1.31 bits per heavy atom. The summed E-state index contributed by atoms with van der Waals surface area (Å²) >= 11 is 2.47. The van der Waals surface area contributed by atoms with Gasteiger partial charge < -0.3 is 0 Å². The highest BCUT2D eigenvalue weighted by Crippen LogP contribution is 2.45. The second-order valence-electron chi connectivity index (χ2n) is 4.17. The average Bonchev–Trinajstić information content (AvgIpc) is 2.86. The highest BCUT2D eigenvalue weighted by atomic mass is 127. The molecule has 0 nitrogen and oxygen atoms in total. The molecule has 1 aromatic carbocycles. The lowest BCUT2D eigenvalue weighted by molar-refractivity contribution is 0.839. The van der Waals surface area contributed by atoms with Gasteiger partial charge in [-0.1, -0.05) is 26.0 Å². The van der Waals surface area contributed by atoms with Crippen molar-refractivity contribution in [2.45, 2.75) is 38.5 Å². The van der Waals surface area contributed by atoms with Crippen molar-refractivity contribution in [3.05, 3.63) is 32.9 Å². The predicted octanol–water partition coefficient (Wildman–Crippen LogP) is 4.29. The molecule has 0 saturated heterocycles. The predicted molar refractivity (Wildman–Crippen MR) is 65.2 cm³/mol. The molecular formula is C12H15I. The van der Waals surface area contributed by atoms with Crippen LogP contribution in [0.15, 0.2) is 18.2 Å². The molecule has 0 heterocycles. The number of halogens is 1. The van der Waals surface area contributed by atoms with Gasteiger partial charge in [0.15, 0.2) is 0 Å². The summed E-state index contributed by atoms with van der Waals surface area (Å²) in [6, 6.07) is 6.71. The third-order valence-electron chi connectivity index (χ3n) is 2.69. The van der Waals surface area contributed by atoms with Gasteiger partial charge in [-0.2, -0.15) is 0 Å². The van der Waals surface area contributed by atoms with E-state index in [0.717, 1.165) is 5.92 Å². The fourth-order valence-corrected chi connectivity index (χ4v) is 2.82. The minimum atomic E-state index is 0.672. The molecule has 0 aliphatic heterocycles. The molecular weight excluding hydrogens is 271 g/mol. The van der Waals surface area contributed by atoms with Crippen molar-refractivity contribution >= 4 is 22.6 Å². The standard InChI is InChI=1S/C12H15I/c1-8(2)10-4-3-5-11(13)12(10)9-6-7-9/h3-5,8-9H,6-7H2,1-2H3. The fourth-order valence-electron chi connectivity index (χ4n) is 1.86. The summed E-state index contributed by atoms with van der Waals surface area (Å²) in [4.78, 5) is 0. The van der Waals surface area contributed by atoms with Gasteiger partial charge in [-0.3, -0.25) is 0 Å². The Bertz CT molecular complexity index is 311. The fraction of sp³-hybridized carbons (Fsp3) is 0.500. The smallest absolute Gasteiger partial charge is 0.0168 e.